The summed E-state index contributed by atoms with van der Waals surface area (Å²) in [5.74, 6) is -4.33. The molecule has 1 fully saturated rings. The molecular formula is C25H21F3N4O3. The number of halogens is 3. The van der Waals surface area contributed by atoms with E-state index in [4.69, 9.17) is 4.74 Å². The maximum absolute atomic E-state index is 16.1. The molecule has 0 aliphatic carbocycles. The molecule has 7 nitrogen and oxygen atoms in total. The normalized spacial score (nSPS) is 18.4. The van der Waals surface area contributed by atoms with Crippen molar-refractivity contribution in [2.45, 2.75) is 44.1 Å². The number of carboxylic acids is 1. The van der Waals surface area contributed by atoms with E-state index in [1.54, 1.807) is 24.5 Å². The van der Waals surface area contributed by atoms with Crippen molar-refractivity contribution in [3.63, 3.8) is 0 Å². The van der Waals surface area contributed by atoms with Gasteiger partial charge in [0.15, 0.2) is 23.6 Å². The molecule has 0 bridgehead atoms. The van der Waals surface area contributed by atoms with E-state index in [0.29, 0.717) is 22.2 Å². The second-order valence-electron chi connectivity index (χ2n) is 9.43. The van der Waals surface area contributed by atoms with Crippen molar-refractivity contribution in [3.05, 3.63) is 59.2 Å². The van der Waals surface area contributed by atoms with Gasteiger partial charge in [0, 0.05) is 46.0 Å². The van der Waals surface area contributed by atoms with Crippen LogP contribution in [0.5, 0.6) is 0 Å². The molecule has 2 aromatic heterocycles. The van der Waals surface area contributed by atoms with Crippen molar-refractivity contribution < 1.29 is 27.8 Å². The minimum atomic E-state index is -1.12. The van der Waals surface area contributed by atoms with Crippen LogP contribution in [-0.4, -0.2) is 38.6 Å². The van der Waals surface area contributed by atoms with Crippen LogP contribution in [0.3, 0.4) is 0 Å². The maximum atomic E-state index is 16.1. The summed E-state index contributed by atoms with van der Waals surface area (Å²) in [5, 5.41) is 26.3. The molecule has 5 rings (SSSR count). The van der Waals surface area contributed by atoms with Gasteiger partial charge in [0.25, 0.3) is 0 Å². The number of aliphatic carboxylic acids is 1. The van der Waals surface area contributed by atoms with E-state index in [1.807, 2.05) is 0 Å². The number of hydrogen-bond acceptors (Lipinski definition) is 4. The highest BCUT2D eigenvalue weighted by atomic mass is 19.2. The first kappa shape index (κ1) is 22.9. The molecule has 0 radical (unpaired) electrons. The second kappa shape index (κ2) is 8.13. The smallest absolute Gasteiger partial charge is 0.332 e. The average molecular weight is 482 g/mol. The molecule has 2 aromatic carbocycles. The van der Waals surface area contributed by atoms with Crippen LogP contribution in [0.1, 0.15) is 43.9 Å². The Hall–Kier alpha value is -3.84. The third kappa shape index (κ3) is 3.54. The van der Waals surface area contributed by atoms with Gasteiger partial charge in [-0.1, -0.05) is 13.8 Å². The molecule has 0 spiro atoms. The molecule has 3 heterocycles. The molecule has 0 saturated carbocycles. The number of nitrogens with one attached hydrogen (secondary N) is 1. The molecule has 4 aromatic rings. The van der Waals surface area contributed by atoms with Gasteiger partial charge in [-0.15, -0.1) is 0 Å². The zero-order valence-electron chi connectivity index (χ0n) is 18.9. The quantitative estimate of drug-likeness (QED) is 0.413. The van der Waals surface area contributed by atoms with Crippen LogP contribution >= 0.6 is 0 Å². The van der Waals surface area contributed by atoms with Crippen LogP contribution in [0.15, 0.2) is 30.5 Å². The molecule has 2 atom stereocenters. The minimum absolute atomic E-state index is 0.0317. The molecule has 1 unspecified atom stereocenters. The molecule has 1 aliphatic heterocycles. The fourth-order valence-electron chi connectivity index (χ4n) is 5.07. The summed E-state index contributed by atoms with van der Waals surface area (Å²) in [6.45, 7) is 3.64. The number of benzene rings is 2. The van der Waals surface area contributed by atoms with Crippen molar-refractivity contribution in [1.82, 2.24) is 14.8 Å². The number of nitriles is 1. The zero-order valence-corrected chi connectivity index (χ0v) is 18.9. The van der Waals surface area contributed by atoms with E-state index in [2.05, 4.69) is 16.3 Å². The first-order chi connectivity index (χ1) is 16.6. The molecule has 1 saturated heterocycles. The van der Waals surface area contributed by atoms with Crippen LogP contribution in [0.4, 0.5) is 13.2 Å². The predicted molar refractivity (Wildman–Crippen MR) is 121 cm³/mol. The van der Waals surface area contributed by atoms with E-state index >= 15 is 4.39 Å². The first-order valence-corrected chi connectivity index (χ1v) is 11.0. The lowest BCUT2D eigenvalue weighted by atomic mass is 9.79. The van der Waals surface area contributed by atoms with E-state index in [9.17, 15) is 23.9 Å². The van der Waals surface area contributed by atoms with Gasteiger partial charge in [0.2, 0.25) is 0 Å². The van der Waals surface area contributed by atoms with Crippen LogP contribution < -0.4 is 0 Å². The van der Waals surface area contributed by atoms with Crippen molar-refractivity contribution in [2.24, 2.45) is 0 Å². The Balaban J connectivity index is 1.93. The first-order valence-electron chi connectivity index (χ1n) is 11.0. The number of aromatic nitrogens is 3. The molecular weight excluding hydrogens is 461 g/mol. The number of fused-ring (bicyclic) bond motifs is 2. The third-order valence-electron chi connectivity index (χ3n) is 6.65. The van der Waals surface area contributed by atoms with Crippen molar-refractivity contribution >= 4 is 27.8 Å². The van der Waals surface area contributed by atoms with Crippen LogP contribution in [0.25, 0.3) is 27.5 Å². The maximum Gasteiger partial charge on any atom is 0.332 e. The van der Waals surface area contributed by atoms with Gasteiger partial charge in [0.1, 0.15) is 5.52 Å². The molecule has 180 valence electrons. The van der Waals surface area contributed by atoms with Gasteiger partial charge < -0.3 is 14.4 Å². The van der Waals surface area contributed by atoms with Crippen molar-refractivity contribution in [3.8, 4) is 11.8 Å². The van der Waals surface area contributed by atoms with Gasteiger partial charge in [-0.2, -0.15) is 10.4 Å². The number of ether oxygens (including phenoxy) is 1. The molecule has 0 amide bonds. The third-order valence-corrected chi connectivity index (χ3v) is 6.65. The van der Waals surface area contributed by atoms with E-state index in [0.717, 1.165) is 12.1 Å². The van der Waals surface area contributed by atoms with Crippen LogP contribution in [0.2, 0.25) is 0 Å². The van der Waals surface area contributed by atoms with Crippen LogP contribution in [0, 0.1) is 28.8 Å². The number of aromatic amines is 1. The average Bonchev–Trinajstić information content (AvgIpc) is 3.52. The summed E-state index contributed by atoms with van der Waals surface area (Å²) in [7, 11) is 0. The van der Waals surface area contributed by atoms with E-state index < -0.39 is 40.9 Å². The highest BCUT2D eigenvalue weighted by Crippen LogP contribution is 2.47. The van der Waals surface area contributed by atoms with E-state index in [-0.39, 0.29) is 36.0 Å². The topological polar surface area (TPSA) is 104 Å². The lowest BCUT2D eigenvalue weighted by Gasteiger charge is -2.28. The molecule has 35 heavy (non-hydrogen) atoms. The summed E-state index contributed by atoms with van der Waals surface area (Å²) >= 11 is 0. The number of carbonyl (C=O) groups is 1. The Morgan fingerprint density at radius 1 is 1.31 bits per heavy atom. The fourth-order valence-corrected chi connectivity index (χ4v) is 5.07. The highest BCUT2D eigenvalue weighted by molar-refractivity contribution is 6.00. The summed E-state index contributed by atoms with van der Waals surface area (Å²) in [5.41, 5.74) is 0.920. The number of hydrogen-bond donors (Lipinski definition) is 2. The number of H-pyrrole nitrogens is 1. The number of carboxylic acid groups (broad SMARTS) is 1. The molecule has 1 aliphatic rings. The minimum Gasteiger partial charge on any atom is -0.479 e. The van der Waals surface area contributed by atoms with Gasteiger partial charge in [-0.25, -0.2) is 18.0 Å². The van der Waals surface area contributed by atoms with E-state index in [1.165, 1.54) is 12.3 Å². The summed E-state index contributed by atoms with van der Waals surface area (Å²) < 4.78 is 51.4. The van der Waals surface area contributed by atoms with Crippen LogP contribution in [-0.2, 0) is 14.9 Å². The Bertz CT molecular complexity index is 1530. The Morgan fingerprint density at radius 2 is 2.09 bits per heavy atom. The zero-order chi connectivity index (χ0) is 25.1. The second-order valence-corrected chi connectivity index (χ2v) is 9.43. The molecule has 2 N–H and O–H groups in total. The van der Waals surface area contributed by atoms with Gasteiger partial charge in [-0.3, -0.25) is 5.10 Å². The van der Waals surface area contributed by atoms with Crippen molar-refractivity contribution in [1.29, 1.82) is 5.26 Å². The lowest BCUT2D eigenvalue weighted by Crippen LogP contribution is -2.24. The Morgan fingerprint density at radius 3 is 2.74 bits per heavy atom. The van der Waals surface area contributed by atoms with Gasteiger partial charge >= 0.3 is 5.97 Å². The van der Waals surface area contributed by atoms with Crippen molar-refractivity contribution in [2.75, 3.05) is 6.61 Å². The summed E-state index contributed by atoms with van der Waals surface area (Å²) in [6.07, 6.45) is 0.533. The SMILES string of the molecule is CC(C)(CC#N)c1c([C@@H]2COC(C(=O)O)C2)c2c(F)c3[nH]ncc3cc2n1-c1ccc(F)c(F)c1. The predicted octanol–water partition coefficient (Wildman–Crippen LogP) is 5.07. The lowest BCUT2D eigenvalue weighted by molar-refractivity contribution is -0.147. The number of rotatable bonds is 5. The molecule has 10 heteroatoms. The Kier molecular flexibility index (Phi) is 5.33. The summed E-state index contributed by atoms with van der Waals surface area (Å²) in [6, 6.07) is 7.24. The monoisotopic (exact) mass is 482 g/mol. The van der Waals surface area contributed by atoms with Gasteiger partial charge in [0.05, 0.1) is 24.4 Å². The Labute approximate surface area is 197 Å². The van der Waals surface area contributed by atoms with Gasteiger partial charge in [-0.05, 0) is 30.2 Å². The standard InChI is InChI=1S/C25H21F3N4O3/c1-25(2,5-6-29)23-19(13-8-18(24(33)34)35-11-13)20-17(7-12-10-30-31-22(12)21(20)28)32(23)14-3-4-15(26)16(27)9-14/h3-4,7,9-10,13,18H,5,8,11H2,1-2H3,(H,30,31)(H,33,34)/t13-,18?/m0/s1. The summed E-state index contributed by atoms with van der Waals surface area (Å²) in [4.78, 5) is 11.6. The number of nitrogens with zero attached hydrogens (tertiary/aromatic N) is 3. The largest absolute Gasteiger partial charge is 0.479 e. The fraction of sp³-hybridized carbons (Fsp3) is 0.320. The highest BCUT2D eigenvalue weighted by Gasteiger charge is 2.40.